The number of halogens is 1. The Kier molecular flexibility index (Phi) is 3.20. The van der Waals surface area contributed by atoms with Gasteiger partial charge in [-0.25, -0.2) is 4.39 Å². The maximum atomic E-state index is 13.2. The maximum absolute atomic E-state index is 13.2. The van der Waals surface area contributed by atoms with Crippen LogP contribution in [0.25, 0.3) is 10.9 Å². The molecule has 20 heavy (non-hydrogen) atoms. The molecule has 2 aromatic carbocycles. The van der Waals surface area contributed by atoms with Gasteiger partial charge in [-0.05, 0) is 47.9 Å². The SMILES string of the molecule is Cc1cc(F)ccc1C(N)c1cnc2ccccc2c1. The van der Waals surface area contributed by atoms with E-state index in [0.717, 1.165) is 27.6 Å². The van der Waals surface area contributed by atoms with Crippen LogP contribution in [0.3, 0.4) is 0 Å². The van der Waals surface area contributed by atoms with Crippen molar-refractivity contribution in [1.82, 2.24) is 4.98 Å². The second kappa shape index (κ2) is 5.02. The van der Waals surface area contributed by atoms with Gasteiger partial charge in [0.1, 0.15) is 5.82 Å². The standard InChI is InChI=1S/C17H15FN2/c1-11-8-14(18)6-7-15(11)17(19)13-9-12-4-2-3-5-16(12)20-10-13/h2-10,17H,19H2,1H3. The summed E-state index contributed by atoms with van der Waals surface area (Å²) in [4.78, 5) is 4.42. The summed E-state index contributed by atoms with van der Waals surface area (Å²) in [6.07, 6.45) is 1.79. The van der Waals surface area contributed by atoms with Gasteiger partial charge in [0.25, 0.3) is 0 Å². The van der Waals surface area contributed by atoms with Crippen molar-refractivity contribution in [2.24, 2.45) is 5.73 Å². The van der Waals surface area contributed by atoms with Gasteiger partial charge < -0.3 is 5.73 Å². The molecule has 1 heterocycles. The fourth-order valence-electron chi connectivity index (χ4n) is 2.43. The Bertz CT molecular complexity index is 768. The van der Waals surface area contributed by atoms with Crippen LogP contribution in [0.4, 0.5) is 4.39 Å². The van der Waals surface area contributed by atoms with Crippen molar-refractivity contribution in [2.45, 2.75) is 13.0 Å². The highest BCUT2D eigenvalue weighted by molar-refractivity contribution is 5.79. The van der Waals surface area contributed by atoms with Crippen LogP contribution in [-0.4, -0.2) is 4.98 Å². The molecule has 0 saturated heterocycles. The molecule has 100 valence electrons. The van der Waals surface area contributed by atoms with Crippen molar-refractivity contribution in [1.29, 1.82) is 0 Å². The number of hydrogen-bond acceptors (Lipinski definition) is 2. The van der Waals surface area contributed by atoms with E-state index in [1.807, 2.05) is 37.3 Å². The minimum Gasteiger partial charge on any atom is -0.320 e. The molecule has 0 fully saturated rings. The summed E-state index contributed by atoms with van der Waals surface area (Å²) < 4.78 is 13.2. The Labute approximate surface area is 117 Å². The van der Waals surface area contributed by atoms with Crippen molar-refractivity contribution >= 4 is 10.9 Å². The van der Waals surface area contributed by atoms with Crippen molar-refractivity contribution in [3.8, 4) is 0 Å². The van der Waals surface area contributed by atoms with E-state index in [4.69, 9.17) is 5.73 Å². The highest BCUT2D eigenvalue weighted by Crippen LogP contribution is 2.25. The highest BCUT2D eigenvalue weighted by atomic mass is 19.1. The first-order valence-corrected chi connectivity index (χ1v) is 6.51. The van der Waals surface area contributed by atoms with Crippen LogP contribution in [0.15, 0.2) is 54.7 Å². The Morgan fingerprint density at radius 3 is 2.70 bits per heavy atom. The molecule has 0 bridgehead atoms. The van der Waals surface area contributed by atoms with Crippen LogP contribution < -0.4 is 5.73 Å². The molecule has 0 saturated carbocycles. The Morgan fingerprint density at radius 1 is 1.10 bits per heavy atom. The number of aromatic nitrogens is 1. The van der Waals surface area contributed by atoms with Crippen molar-refractivity contribution in [3.63, 3.8) is 0 Å². The topological polar surface area (TPSA) is 38.9 Å². The van der Waals surface area contributed by atoms with Crippen molar-refractivity contribution < 1.29 is 4.39 Å². The van der Waals surface area contributed by atoms with E-state index in [9.17, 15) is 4.39 Å². The maximum Gasteiger partial charge on any atom is 0.123 e. The number of benzene rings is 2. The summed E-state index contributed by atoms with van der Waals surface area (Å²) in [7, 11) is 0. The van der Waals surface area contributed by atoms with Gasteiger partial charge in [0, 0.05) is 11.6 Å². The predicted octanol–water partition coefficient (Wildman–Crippen LogP) is 3.73. The molecule has 0 aliphatic heterocycles. The lowest BCUT2D eigenvalue weighted by molar-refractivity contribution is 0.624. The van der Waals surface area contributed by atoms with Crippen LogP contribution in [0.5, 0.6) is 0 Å². The molecule has 3 aromatic rings. The normalized spacial score (nSPS) is 12.6. The van der Waals surface area contributed by atoms with E-state index < -0.39 is 0 Å². The molecule has 2 nitrogen and oxygen atoms in total. The van der Waals surface area contributed by atoms with E-state index in [-0.39, 0.29) is 11.9 Å². The van der Waals surface area contributed by atoms with Crippen LogP contribution >= 0.6 is 0 Å². The van der Waals surface area contributed by atoms with Gasteiger partial charge in [-0.2, -0.15) is 0 Å². The number of fused-ring (bicyclic) bond motifs is 1. The fourth-order valence-corrected chi connectivity index (χ4v) is 2.43. The first-order chi connectivity index (χ1) is 9.65. The number of pyridine rings is 1. The Balaban J connectivity index is 2.05. The monoisotopic (exact) mass is 266 g/mol. The largest absolute Gasteiger partial charge is 0.320 e. The van der Waals surface area contributed by atoms with Gasteiger partial charge in [0.2, 0.25) is 0 Å². The molecule has 1 atom stereocenters. The first-order valence-electron chi connectivity index (χ1n) is 6.51. The first kappa shape index (κ1) is 12.8. The van der Waals surface area contributed by atoms with E-state index in [0.29, 0.717) is 0 Å². The Morgan fingerprint density at radius 2 is 1.90 bits per heavy atom. The molecule has 0 radical (unpaired) electrons. The molecule has 1 aromatic heterocycles. The third kappa shape index (κ3) is 2.28. The quantitative estimate of drug-likeness (QED) is 0.767. The third-order valence-corrected chi connectivity index (χ3v) is 3.54. The van der Waals surface area contributed by atoms with Crippen LogP contribution in [0.2, 0.25) is 0 Å². The zero-order chi connectivity index (χ0) is 14.1. The number of nitrogens with zero attached hydrogens (tertiary/aromatic N) is 1. The van der Waals surface area contributed by atoms with Crippen LogP contribution in [-0.2, 0) is 0 Å². The summed E-state index contributed by atoms with van der Waals surface area (Å²) in [5, 5.41) is 1.06. The number of aryl methyl sites for hydroxylation is 1. The number of para-hydroxylation sites is 1. The summed E-state index contributed by atoms with van der Waals surface area (Å²) in [5.74, 6) is -0.241. The summed E-state index contributed by atoms with van der Waals surface area (Å²) in [5.41, 5.74) is 9.94. The van der Waals surface area contributed by atoms with E-state index in [1.165, 1.54) is 12.1 Å². The van der Waals surface area contributed by atoms with Gasteiger partial charge in [0.15, 0.2) is 0 Å². The molecule has 0 spiro atoms. The molecule has 3 heteroatoms. The van der Waals surface area contributed by atoms with E-state index in [1.54, 1.807) is 12.3 Å². The smallest absolute Gasteiger partial charge is 0.123 e. The summed E-state index contributed by atoms with van der Waals surface area (Å²) in [6.45, 7) is 1.87. The molecule has 0 amide bonds. The number of hydrogen-bond donors (Lipinski definition) is 1. The molecule has 3 rings (SSSR count). The highest BCUT2D eigenvalue weighted by Gasteiger charge is 2.13. The number of rotatable bonds is 2. The second-order valence-electron chi connectivity index (χ2n) is 4.94. The van der Waals surface area contributed by atoms with Gasteiger partial charge in [-0.3, -0.25) is 4.98 Å². The molecular weight excluding hydrogens is 251 g/mol. The summed E-state index contributed by atoms with van der Waals surface area (Å²) in [6, 6.07) is 14.3. The predicted molar refractivity (Wildman–Crippen MR) is 78.9 cm³/mol. The van der Waals surface area contributed by atoms with Gasteiger partial charge in [-0.15, -0.1) is 0 Å². The van der Waals surface area contributed by atoms with Crippen molar-refractivity contribution in [3.05, 3.63) is 77.2 Å². The summed E-state index contributed by atoms with van der Waals surface area (Å²) >= 11 is 0. The minimum absolute atomic E-state index is 0.241. The molecule has 2 N–H and O–H groups in total. The molecule has 0 aliphatic rings. The fraction of sp³-hybridized carbons (Fsp3) is 0.118. The average Bonchev–Trinajstić information content (AvgIpc) is 2.46. The number of nitrogens with two attached hydrogens (primary N) is 1. The van der Waals surface area contributed by atoms with Gasteiger partial charge in [-0.1, -0.05) is 24.3 Å². The lowest BCUT2D eigenvalue weighted by Gasteiger charge is -2.15. The Hall–Kier alpha value is -2.26. The lowest BCUT2D eigenvalue weighted by atomic mass is 9.96. The molecule has 0 aliphatic carbocycles. The van der Waals surface area contributed by atoms with Gasteiger partial charge >= 0.3 is 0 Å². The van der Waals surface area contributed by atoms with Crippen LogP contribution in [0, 0.1) is 12.7 Å². The van der Waals surface area contributed by atoms with Crippen molar-refractivity contribution in [2.75, 3.05) is 0 Å². The minimum atomic E-state index is -0.298. The van der Waals surface area contributed by atoms with Gasteiger partial charge in [0.05, 0.1) is 11.6 Å². The second-order valence-corrected chi connectivity index (χ2v) is 4.94. The zero-order valence-electron chi connectivity index (χ0n) is 11.2. The zero-order valence-corrected chi connectivity index (χ0v) is 11.2. The van der Waals surface area contributed by atoms with E-state index >= 15 is 0 Å². The molecule has 1 unspecified atom stereocenters. The van der Waals surface area contributed by atoms with E-state index in [2.05, 4.69) is 4.98 Å². The molecular formula is C17H15FN2. The van der Waals surface area contributed by atoms with Crippen LogP contribution in [0.1, 0.15) is 22.7 Å². The lowest BCUT2D eigenvalue weighted by Crippen LogP contribution is -2.13. The average molecular weight is 266 g/mol. The third-order valence-electron chi connectivity index (χ3n) is 3.54.